The van der Waals surface area contributed by atoms with E-state index in [2.05, 4.69) is 32.4 Å². The van der Waals surface area contributed by atoms with Crippen molar-refractivity contribution in [2.24, 2.45) is 12.0 Å². The summed E-state index contributed by atoms with van der Waals surface area (Å²) in [4.78, 5) is 6.46. The molecule has 1 aromatic heterocycles. The van der Waals surface area contributed by atoms with Gasteiger partial charge in [-0.3, -0.25) is 9.67 Å². The quantitative estimate of drug-likeness (QED) is 0.395. The van der Waals surface area contributed by atoms with E-state index in [-0.39, 0.29) is 24.0 Å². The van der Waals surface area contributed by atoms with Crippen LogP contribution in [-0.2, 0) is 20.0 Å². The average Bonchev–Trinajstić information content (AvgIpc) is 2.99. The predicted molar refractivity (Wildman–Crippen MR) is 113 cm³/mol. The van der Waals surface area contributed by atoms with Crippen LogP contribution in [0.5, 0.6) is 5.75 Å². The number of nitrogens with one attached hydrogen (secondary N) is 1. The molecule has 138 valence electrons. The van der Waals surface area contributed by atoms with Gasteiger partial charge in [-0.05, 0) is 36.6 Å². The third kappa shape index (κ3) is 6.93. The molecule has 0 saturated carbocycles. The summed E-state index contributed by atoms with van der Waals surface area (Å²) >= 11 is 0. The Bertz CT molecular complexity index is 654. The Morgan fingerprint density at radius 1 is 1.28 bits per heavy atom. The summed E-state index contributed by atoms with van der Waals surface area (Å²) in [5.74, 6) is 1.79. The topological polar surface area (TPSA) is 54.7 Å². The van der Waals surface area contributed by atoms with Crippen LogP contribution in [0.4, 0.5) is 0 Å². The molecule has 0 atom stereocenters. The lowest BCUT2D eigenvalue weighted by Crippen LogP contribution is -2.39. The smallest absolute Gasteiger partial charge is 0.193 e. The lowest BCUT2D eigenvalue weighted by molar-refractivity contribution is 0.340. The van der Waals surface area contributed by atoms with E-state index in [4.69, 9.17) is 4.74 Å². The second-order valence-corrected chi connectivity index (χ2v) is 5.68. The summed E-state index contributed by atoms with van der Waals surface area (Å²) in [5, 5.41) is 7.58. The van der Waals surface area contributed by atoms with Crippen molar-refractivity contribution < 1.29 is 4.74 Å². The number of benzene rings is 1. The molecule has 1 N–H and O–H groups in total. The number of guanidine groups is 1. The number of rotatable bonds is 7. The van der Waals surface area contributed by atoms with Crippen LogP contribution in [0.15, 0.2) is 41.7 Å². The summed E-state index contributed by atoms with van der Waals surface area (Å²) in [5.41, 5.74) is 2.44. The highest BCUT2D eigenvalue weighted by atomic mass is 127. The molecule has 0 fully saturated rings. The zero-order valence-electron chi connectivity index (χ0n) is 15.4. The first-order valence-electron chi connectivity index (χ1n) is 8.23. The predicted octanol–water partition coefficient (Wildman–Crippen LogP) is 2.69. The highest BCUT2D eigenvalue weighted by Gasteiger charge is 2.07. The zero-order chi connectivity index (χ0) is 17.4. The molecule has 0 amide bonds. The minimum atomic E-state index is 0. The molecule has 0 aliphatic heterocycles. The molecule has 0 radical (unpaired) electrons. The van der Waals surface area contributed by atoms with Gasteiger partial charge in [0.1, 0.15) is 5.75 Å². The van der Waals surface area contributed by atoms with Crippen molar-refractivity contribution in [1.82, 2.24) is 20.0 Å². The van der Waals surface area contributed by atoms with Crippen molar-refractivity contribution in [3.05, 3.63) is 47.8 Å². The van der Waals surface area contributed by atoms with Gasteiger partial charge in [0.25, 0.3) is 0 Å². The molecule has 25 heavy (non-hydrogen) atoms. The molecule has 7 heteroatoms. The monoisotopic (exact) mass is 457 g/mol. The van der Waals surface area contributed by atoms with Crippen molar-refractivity contribution in [2.75, 3.05) is 27.2 Å². The third-order valence-electron chi connectivity index (χ3n) is 3.68. The molecule has 1 aromatic carbocycles. The Kier molecular flexibility index (Phi) is 9.33. The molecule has 0 spiro atoms. The van der Waals surface area contributed by atoms with Gasteiger partial charge < -0.3 is 15.0 Å². The Labute approximate surface area is 167 Å². The van der Waals surface area contributed by atoms with Crippen LogP contribution in [0.1, 0.15) is 18.1 Å². The first kappa shape index (κ1) is 21.3. The van der Waals surface area contributed by atoms with Crippen molar-refractivity contribution in [3.63, 3.8) is 0 Å². The summed E-state index contributed by atoms with van der Waals surface area (Å²) in [6.45, 7) is 4.29. The maximum Gasteiger partial charge on any atom is 0.193 e. The number of aryl methyl sites for hydroxylation is 1. The number of aliphatic imine (C=N–C) groups is 1. The molecule has 0 unspecified atom stereocenters. The lowest BCUT2D eigenvalue weighted by Gasteiger charge is -2.22. The van der Waals surface area contributed by atoms with Gasteiger partial charge in [0.2, 0.25) is 0 Å². The summed E-state index contributed by atoms with van der Waals surface area (Å²) in [6, 6.07) is 8.19. The number of nitrogens with zero attached hydrogens (tertiary/aromatic N) is 4. The van der Waals surface area contributed by atoms with Crippen molar-refractivity contribution in [3.8, 4) is 5.75 Å². The molecule has 6 nitrogen and oxygen atoms in total. The Morgan fingerprint density at radius 3 is 2.56 bits per heavy atom. The minimum Gasteiger partial charge on any atom is -0.494 e. The fourth-order valence-corrected chi connectivity index (χ4v) is 2.51. The van der Waals surface area contributed by atoms with Gasteiger partial charge in [0, 0.05) is 40.4 Å². The van der Waals surface area contributed by atoms with Gasteiger partial charge in [-0.1, -0.05) is 12.1 Å². The lowest BCUT2D eigenvalue weighted by atomic mass is 10.2. The van der Waals surface area contributed by atoms with E-state index in [0.29, 0.717) is 6.61 Å². The van der Waals surface area contributed by atoms with Crippen LogP contribution in [0.25, 0.3) is 0 Å². The molecule has 0 aliphatic carbocycles. The number of hydrogen-bond donors (Lipinski definition) is 1. The van der Waals surface area contributed by atoms with Crippen LogP contribution in [0, 0.1) is 0 Å². The van der Waals surface area contributed by atoms with Gasteiger partial charge in [0.15, 0.2) is 5.96 Å². The van der Waals surface area contributed by atoms with E-state index in [1.165, 1.54) is 11.1 Å². The van der Waals surface area contributed by atoms with E-state index in [9.17, 15) is 0 Å². The zero-order valence-corrected chi connectivity index (χ0v) is 17.7. The van der Waals surface area contributed by atoms with Crippen molar-refractivity contribution in [2.45, 2.75) is 19.9 Å². The Morgan fingerprint density at radius 2 is 2.00 bits per heavy atom. The normalized spacial score (nSPS) is 11.0. The van der Waals surface area contributed by atoms with E-state index < -0.39 is 0 Å². The molecule has 0 saturated heterocycles. The minimum absolute atomic E-state index is 0. The first-order valence-corrected chi connectivity index (χ1v) is 8.23. The number of ether oxygens (including phenoxy) is 1. The highest BCUT2D eigenvalue weighted by Crippen LogP contribution is 2.13. The van der Waals surface area contributed by atoms with Crippen LogP contribution in [0.2, 0.25) is 0 Å². The van der Waals surface area contributed by atoms with Gasteiger partial charge in [-0.25, -0.2) is 0 Å². The van der Waals surface area contributed by atoms with Crippen LogP contribution < -0.4 is 10.1 Å². The molecular weight excluding hydrogens is 429 g/mol. The molecular formula is C18H28IN5O. The van der Waals surface area contributed by atoms with E-state index in [1.54, 1.807) is 7.05 Å². The van der Waals surface area contributed by atoms with E-state index >= 15 is 0 Å². The summed E-state index contributed by atoms with van der Waals surface area (Å²) in [6.07, 6.45) is 4.85. The molecule has 0 bridgehead atoms. The van der Waals surface area contributed by atoms with E-state index in [1.807, 2.05) is 50.2 Å². The van der Waals surface area contributed by atoms with Crippen molar-refractivity contribution >= 4 is 29.9 Å². The maximum absolute atomic E-state index is 5.47. The van der Waals surface area contributed by atoms with Gasteiger partial charge >= 0.3 is 0 Å². The van der Waals surface area contributed by atoms with Crippen LogP contribution in [-0.4, -0.2) is 47.9 Å². The highest BCUT2D eigenvalue weighted by molar-refractivity contribution is 14.0. The fraction of sp³-hybridized carbons (Fsp3) is 0.444. The molecule has 1 heterocycles. The number of aromatic nitrogens is 2. The van der Waals surface area contributed by atoms with Gasteiger partial charge in [-0.2, -0.15) is 5.10 Å². The van der Waals surface area contributed by atoms with Gasteiger partial charge in [-0.15, -0.1) is 24.0 Å². The molecule has 2 rings (SSSR count). The second kappa shape index (κ2) is 11.0. The average molecular weight is 457 g/mol. The maximum atomic E-state index is 5.47. The number of hydrogen-bond acceptors (Lipinski definition) is 3. The van der Waals surface area contributed by atoms with Crippen LogP contribution >= 0.6 is 24.0 Å². The largest absolute Gasteiger partial charge is 0.494 e. The number of halogens is 1. The second-order valence-electron chi connectivity index (χ2n) is 5.68. The SMILES string of the molecule is CCOc1ccc(CN(C)C(=NC)NCCc2cnn(C)c2)cc1.I. The van der Waals surface area contributed by atoms with E-state index in [0.717, 1.165) is 31.2 Å². The molecule has 0 aliphatic rings. The standard InChI is InChI=1S/C18H27N5O.HI/c1-5-24-17-8-6-15(7-9-17)13-22(3)18(19-2)20-11-10-16-12-21-23(4)14-16;/h6-9,12,14H,5,10-11,13H2,1-4H3,(H,19,20);1H. The third-order valence-corrected chi connectivity index (χ3v) is 3.68. The summed E-state index contributed by atoms with van der Waals surface area (Å²) in [7, 11) is 5.78. The van der Waals surface area contributed by atoms with Gasteiger partial charge in [0.05, 0.1) is 12.8 Å². The fourth-order valence-electron chi connectivity index (χ4n) is 2.51. The first-order chi connectivity index (χ1) is 11.6. The Balaban J connectivity index is 0.00000312. The Hall–Kier alpha value is -1.77. The van der Waals surface area contributed by atoms with Crippen molar-refractivity contribution in [1.29, 1.82) is 0 Å². The summed E-state index contributed by atoms with van der Waals surface area (Å²) < 4.78 is 7.30. The van der Waals surface area contributed by atoms with Crippen LogP contribution in [0.3, 0.4) is 0 Å². The molecule has 2 aromatic rings.